The summed E-state index contributed by atoms with van der Waals surface area (Å²) >= 11 is 5.94. The van der Waals surface area contributed by atoms with E-state index in [1.165, 1.54) is 6.07 Å². The Hall–Kier alpha value is -1.09. The van der Waals surface area contributed by atoms with E-state index in [4.69, 9.17) is 11.6 Å². The van der Waals surface area contributed by atoms with Crippen molar-refractivity contribution in [2.24, 2.45) is 0 Å². The molecule has 0 radical (unpaired) electrons. The molecule has 1 heterocycles. The molecule has 1 aliphatic heterocycles. The van der Waals surface area contributed by atoms with E-state index in [-0.39, 0.29) is 17.8 Å². The molecule has 2 nitrogen and oxygen atoms in total. The summed E-state index contributed by atoms with van der Waals surface area (Å²) in [7, 11) is 0. The van der Waals surface area contributed by atoms with Crippen molar-refractivity contribution >= 4 is 17.5 Å². The van der Waals surface area contributed by atoms with Gasteiger partial charge in [0.05, 0.1) is 6.04 Å². The molecule has 0 spiro atoms. The fourth-order valence-electron chi connectivity index (χ4n) is 2.04. The number of benzene rings is 1. The Labute approximate surface area is 99.0 Å². The first-order valence-electron chi connectivity index (χ1n) is 5.35. The molecule has 0 aliphatic carbocycles. The van der Waals surface area contributed by atoms with Gasteiger partial charge in [0.1, 0.15) is 11.2 Å². The molecule has 0 aromatic heterocycles. The van der Waals surface area contributed by atoms with Crippen molar-refractivity contribution < 1.29 is 9.18 Å². The maximum atomic E-state index is 13.6. The summed E-state index contributed by atoms with van der Waals surface area (Å²) in [4.78, 5) is 13.2. The molecular weight excluding hydrogens is 229 g/mol. The van der Waals surface area contributed by atoms with Crippen LogP contribution in [0.1, 0.15) is 24.9 Å². The Bertz CT molecular complexity index is 410. The number of nitrogens with zero attached hydrogens (tertiary/aromatic N) is 1. The topological polar surface area (TPSA) is 20.3 Å². The number of halogens is 2. The van der Waals surface area contributed by atoms with Crippen molar-refractivity contribution in [3.63, 3.8) is 0 Å². The second-order valence-corrected chi connectivity index (χ2v) is 4.37. The Morgan fingerprint density at radius 2 is 2.12 bits per heavy atom. The van der Waals surface area contributed by atoms with Crippen LogP contribution in [0.15, 0.2) is 24.3 Å². The minimum atomic E-state index is -0.622. The van der Waals surface area contributed by atoms with E-state index in [9.17, 15) is 9.18 Å². The summed E-state index contributed by atoms with van der Waals surface area (Å²) in [6.45, 7) is 2.61. The third-order valence-electron chi connectivity index (χ3n) is 2.82. The first-order chi connectivity index (χ1) is 7.66. The number of amides is 1. The second-order valence-electron chi connectivity index (χ2n) is 3.90. The van der Waals surface area contributed by atoms with E-state index in [0.717, 1.165) is 6.42 Å². The lowest BCUT2D eigenvalue weighted by Gasteiger charge is -2.44. The third kappa shape index (κ3) is 1.69. The molecule has 1 aromatic carbocycles. The van der Waals surface area contributed by atoms with Crippen molar-refractivity contribution in [3.05, 3.63) is 35.6 Å². The van der Waals surface area contributed by atoms with Gasteiger partial charge in [0.2, 0.25) is 5.91 Å². The number of carbonyl (C=O) groups is 1. The molecule has 1 fully saturated rings. The number of hydrogen-bond acceptors (Lipinski definition) is 1. The van der Waals surface area contributed by atoms with Gasteiger partial charge in [-0.25, -0.2) is 4.39 Å². The molecule has 0 saturated carbocycles. The van der Waals surface area contributed by atoms with E-state index in [0.29, 0.717) is 12.1 Å². The lowest BCUT2D eigenvalue weighted by atomic mass is 9.92. The van der Waals surface area contributed by atoms with E-state index in [1.54, 1.807) is 23.1 Å². The molecule has 16 heavy (non-hydrogen) atoms. The minimum absolute atomic E-state index is 0.100. The van der Waals surface area contributed by atoms with Gasteiger partial charge >= 0.3 is 0 Å². The normalized spacial score (nSPS) is 24.4. The first kappa shape index (κ1) is 11.4. The van der Waals surface area contributed by atoms with Gasteiger partial charge in [-0.1, -0.05) is 25.1 Å². The molecule has 0 bridgehead atoms. The molecule has 2 rings (SSSR count). The third-order valence-corrected chi connectivity index (χ3v) is 3.25. The molecule has 0 unspecified atom stereocenters. The molecule has 1 amide bonds. The molecule has 2 atom stereocenters. The largest absolute Gasteiger partial charge is 0.332 e. The van der Waals surface area contributed by atoms with Gasteiger partial charge in [0.15, 0.2) is 0 Å². The number of likely N-dealkylation sites (tertiary alicyclic amines) is 1. The van der Waals surface area contributed by atoms with Gasteiger partial charge in [0.25, 0.3) is 0 Å². The number of carbonyl (C=O) groups excluding carboxylic acids is 1. The maximum absolute atomic E-state index is 13.6. The van der Waals surface area contributed by atoms with Crippen LogP contribution in [0.5, 0.6) is 0 Å². The number of hydrogen-bond donors (Lipinski definition) is 0. The predicted molar refractivity (Wildman–Crippen MR) is 60.8 cm³/mol. The van der Waals surface area contributed by atoms with Gasteiger partial charge in [-0.3, -0.25) is 4.79 Å². The predicted octanol–water partition coefficient (Wildman–Crippen LogP) is 2.73. The van der Waals surface area contributed by atoms with Crippen molar-refractivity contribution in [1.82, 2.24) is 4.90 Å². The Kier molecular flexibility index (Phi) is 3.15. The Morgan fingerprint density at radius 3 is 2.75 bits per heavy atom. The van der Waals surface area contributed by atoms with Crippen LogP contribution in [0.4, 0.5) is 4.39 Å². The van der Waals surface area contributed by atoms with Crippen LogP contribution in [-0.2, 0) is 4.79 Å². The van der Waals surface area contributed by atoms with E-state index < -0.39 is 5.38 Å². The summed E-state index contributed by atoms with van der Waals surface area (Å²) in [5.74, 6) is -0.400. The summed E-state index contributed by atoms with van der Waals surface area (Å²) in [6, 6.07) is 6.16. The fourth-order valence-corrected chi connectivity index (χ4v) is 2.43. The highest BCUT2D eigenvalue weighted by molar-refractivity contribution is 6.33. The molecule has 4 heteroatoms. The molecule has 0 N–H and O–H groups in total. The van der Waals surface area contributed by atoms with E-state index >= 15 is 0 Å². The number of alkyl halides is 1. The van der Waals surface area contributed by atoms with Crippen molar-refractivity contribution in [2.45, 2.75) is 24.8 Å². The average molecular weight is 242 g/mol. The zero-order chi connectivity index (χ0) is 11.7. The number of rotatable bonds is 3. The Balaban J connectivity index is 2.27. The summed E-state index contributed by atoms with van der Waals surface area (Å²) in [5.41, 5.74) is 0.510. The van der Waals surface area contributed by atoms with Crippen LogP contribution in [-0.4, -0.2) is 22.7 Å². The standard InChI is InChI=1S/C12H13ClFNO/c1-2-7-15-11(10(13)12(15)16)8-5-3-4-6-9(8)14/h3-6,10-11H,2,7H2,1H3/t10-,11-/m0/s1. The smallest absolute Gasteiger partial charge is 0.243 e. The lowest BCUT2D eigenvalue weighted by molar-refractivity contribution is -0.145. The van der Waals surface area contributed by atoms with Crippen LogP contribution >= 0.6 is 11.6 Å². The fraction of sp³-hybridized carbons (Fsp3) is 0.417. The van der Waals surface area contributed by atoms with Gasteiger partial charge < -0.3 is 4.90 Å². The molecular formula is C12H13ClFNO. The van der Waals surface area contributed by atoms with Gasteiger partial charge in [-0.05, 0) is 12.5 Å². The van der Waals surface area contributed by atoms with Crippen LogP contribution in [0, 0.1) is 5.82 Å². The van der Waals surface area contributed by atoms with Crippen LogP contribution in [0.3, 0.4) is 0 Å². The average Bonchev–Trinajstić information content (AvgIpc) is 2.30. The van der Waals surface area contributed by atoms with Crippen molar-refractivity contribution in [1.29, 1.82) is 0 Å². The van der Waals surface area contributed by atoms with Crippen LogP contribution in [0.2, 0.25) is 0 Å². The van der Waals surface area contributed by atoms with Crippen LogP contribution in [0.25, 0.3) is 0 Å². The maximum Gasteiger partial charge on any atom is 0.243 e. The first-order valence-corrected chi connectivity index (χ1v) is 5.79. The molecule has 1 aliphatic rings. The highest BCUT2D eigenvalue weighted by atomic mass is 35.5. The van der Waals surface area contributed by atoms with E-state index in [1.807, 2.05) is 6.92 Å². The lowest BCUT2D eigenvalue weighted by Crippen LogP contribution is -2.56. The molecule has 1 saturated heterocycles. The number of β-lactam (4-membered cyclic amide) rings is 1. The van der Waals surface area contributed by atoms with Crippen molar-refractivity contribution in [3.8, 4) is 0 Å². The highest BCUT2D eigenvalue weighted by Gasteiger charge is 2.47. The zero-order valence-corrected chi connectivity index (χ0v) is 9.75. The summed E-state index contributed by atoms with van der Waals surface area (Å²) in [5, 5.41) is -0.622. The second kappa shape index (κ2) is 4.42. The van der Waals surface area contributed by atoms with Gasteiger partial charge in [-0.2, -0.15) is 0 Å². The molecule has 86 valence electrons. The van der Waals surface area contributed by atoms with E-state index in [2.05, 4.69) is 0 Å². The molecule has 1 aromatic rings. The van der Waals surface area contributed by atoms with Crippen molar-refractivity contribution in [2.75, 3.05) is 6.54 Å². The van der Waals surface area contributed by atoms with Gasteiger partial charge in [0, 0.05) is 12.1 Å². The summed E-state index contributed by atoms with van der Waals surface area (Å²) in [6.07, 6.45) is 0.848. The minimum Gasteiger partial charge on any atom is -0.332 e. The quantitative estimate of drug-likeness (QED) is 0.589. The zero-order valence-electron chi connectivity index (χ0n) is 8.99. The van der Waals surface area contributed by atoms with Crippen LogP contribution < -0.4 is 0 Å². The Morgan fingerprint density at radius 1 is 1.44 bits per heavy atom. The van der Waals surface area contributed by atoms with Gasteiger partial charge in [-0.15, -0.1) is 11.6 Å². The SMILES string of the molecule is CCCN1C(=O)[C@@H](Cl)[C@@H]1c1ccccc1F. The summed E-state index contributed by atoms with van der Waals surface area (Å²) < 4.78 is 13.6. The highest BCUT2D eigenvalue weighted by Crippen LogP contribution is 2.39. The monoisotopic (exact) mass is 241 g/mol.